The van der Waals surface area contributed by atoms with Crippen molar-refractivity contribution >= 4 is 5.91 Å². The van der Waals surface area contributed by atoms with E-state index in [-0.39, 0.29) is 11.3 Å². The quantitative estimate of drug-likeness (QED) is 0.426. The van der Waals surface area contributed by atoms with Gasteiger partial charge in [-0.2, -0.15) is 0 Å². The fourth-order valence-electron chi connectivity index (χ4n) is 2.40. The summed E-state index contributed by atoms with van der Waals surface area (Å²) in [6.45, 7) is 4.81. The lowest BCUT2D eigenvalue weighted by Crippen LogP contribution is -2.46. The average molecular weight is 224 g/mol. The maximum atomic E-state index is 12.2. The highest BCUT2D eigenvalue weighted by atomic mass is 16.2. The van der Waals surface area contributed by atoms with Crippen LogP contribution in [-0.4, -0.2) is 19.0 Å². The first-order chi connectivity index (χ1) is 7.75. The van der Waals surface area contributed by atoms with Gasteiger partial charge in [-0.1, -0.05) is 31.8 Å². The van der Waals surface area contributed by atoms with Gasteiger partial charge in [0.2, 0.25) is 5.91 Å². The van der Waals surface area contributed by atoms with E-state index in [0.717, 1.165) is 32.1 Å². The van der Waals surface area contributed by atoms with Crippen LogP contribution in [0.4, 0.5) is 0 Å². The third-order valence-electron chi connectivity index (χ3n) is 3.57. The fourth-order valence-corrected chi connectivity index (χ4v) is 2.40. The molecule has 0 aromatic carbocycles. The molecule has 0 radical (unpaired) electrons. The van der Waals surface area contributed by atoms with E-state index in [1.165, 1.54) is 12.8 Å². The molecule has 0 unspecified atom stereocenters. The number of carbonyl (C=O) groups is 1. The van der Waals surface area contributed by atoms with Crippen molar-refractivity contribution in [1.29, 1.82) is 0 Å². The molecule has 16 heavy (non-hydrogen) atoms. The zero-order valence-electron chi connectivity index (χ0n) is 10.1. The Labute approximate surface area is 98.5 Å². The molecule has 92 valence electrons. The third-order valence-corrected chi connectivity index (χ3v) is 3.57. The van der Waals surface area contributed by atoms with E-state index in [1.807, 2.05) is 6.08 Å². The molecule has 3 N–H and O–H groups in total. The molecule has 1 aliphatic carbocycles. The Morgan fingerprint density at radius 3 is 2.44 bits per heavy atom. The van der Waals surface area contributed by atoms with Gasteiger partial charge in [0.25, 0.3) is 0 Å². The largest absolute Gasteiger partial charge is 0.355 e. The second kappa shape index (κ2) is 6.69. The van der Waals surface area contributed by atoms with E-state index in [1.54, 1.807) is 0 Å². The molecule has 0 saturated heterocycles. The maximum absolute atomic E-state index is 12.2. The molecule has 3 nitrogen and oxygen atoms in total. The van der Waals surface area contributed by atoms with Gasteiger partial charge in [-0.25, -0.2) is 0 Å². The molecule has 1 saturated carbocycles. The summed E-state index contributed by atoms with van der Waals surface area (Å²) < 4.78 is 0. The van der Waals surface area contributed by atoms with Crippen molar-refractivity contribution in [2.24, 2.45) is 11.1 Å². The normalized spacial score (nSPS) is 19.8. The Balaban J connectivity index is 2.54. The van der Waals surface area contributed by atoms with Crippen LogP contribution in [0.1, 0.15) is 44.9 Å². The van der Waals surface area contributed by atoms with Crippen LogP contribution in [0.2, 0.25) is 0 Å². The molecule has 1 fully saturated rings. The van der Waals surface area contributed by atoms with Crippen LogP contribution < -0.4 is 11.1 Å². The molecule has 0 atom stereocenters. The van der Waals surface area contributed by atoms with E-state index in [0.29, 0.717) is 13.1 Å². The minimum Gasteiger partial charge on any atom is -0.355 e. The maximum Gasteiger partial charge on any atom is 0.227 e. The Morgan fingerprint density at radius 1 is 1.31 bits per heavy atom. The number of carbonyl (C=O) groups excluding carboxylic acids is 1. The van der Waals surface area contributed by atoms with Gasteiger partial charge in [0.15, 0.2) is 0 Å². The minimum absolute atomic E-state index is 0.152. The highest BCUT2D eigenvalue weighted by molar-refractivity contribution is 5.82. The smallest absolute Gasteiger partial charge is 0.227 e. The van der Waals surface area contributed by atoms with Gasteiger partial charge in [-0.3, -0.25) is 4.79 Å². The Bertz CT molecular complexity index is 230. The number of hydrogen-bond acceptors (Lipinski definition) is 2. The number of amides is 1. The lowest BCUT2D eigenvalue weighted by molar-refractivity contribution is -0.131. The first kappa shape index (κ1) is 13.2. The molecule has 0 bridgehead atoms. The average Bonchev–Trinajstić information content (AvgIpc) is 2.55. The fraction of sp³-hybridized carbons (Fsp3) is 0.769. The summed E-state index contributed by atoms with van der Waals surface area (Å²) in [6.07, 6.45) is 9.28. The lowest BCUT2D eigenvalue weighted by atomic mass is 9.79. The predicted molar refractivity (Wildman–Crippen MR) is 67.0 cm³/mol. The molecule has 0 heterocycles. The van der Waals surface area contributed by atoms with Crippen LogP contribution in [0.3, 0.4) is 0 Å². The number of nitrogens with two attached hydrogens (primary N) is 1. The van der Waals surface area contributed by atoms with Crippen molar-refractivity contribution in [3.05, 3.63) is 12.7 Å². The summed E-state index contributed by atoms with van der Waals surface area (Å²) in [5, 5.41) is 2.98. The van der Waals surface area contributed by atoms with Gasteiger partial charge in [0.1, 0.15) is 0 Å². The van der Waals surface area contributed by atoms with Gasteiger partial charge in [-0.15, -0.1) is 6.58 Å². The molecule has 0 aliphatic heterocycles. The van der Waals surface area contributed by atoms with Crippen LogP contribution >= 0.6 is 0 Å². The monoisotopic (exact) mass is 224 g/mol. The summed E-state index contributed by atoms with van der Waals surface area (Å²) in [5.74, 6) is 0.152. The molecule has 1 amide bonds. The highest BCUT2D eigenvalue weighted by Gasteiger charge is 2.36. The summed E-state index contributed by atoms with van der Waals surface area (Å²) >= 11 is 0. The number of hydrogen-bond donors (Lipinski definition) is 2. The molecular formula is C13H24N2O. The van der Waals surface area contributed by atoms with Crippen LogP contribution in [0.5, 0.6) is 0 Å². The zero-order valence-corrected chi connectivity index (χ0v) is 10.1. The molecule has 1 aliphatic rings. The van der Waals surface area contributed by atoms with Crippen molar-refractivity contribution in [1.82, 2.24) is 5.32 Å². The lowest BCUT2D eigenvalue weighted by Gasteiger charge is -2.29. The van der Waals surface area contributed by atoms with Gasteiger partial charge >= 0.3 is 0 Å². The van der Waals surface area contributed by atoms with Crippen molar-refractivity contribution in [3.8, 4) is 0 Å². The second-order valence-electron chi connectivity index (χ2n) is 4.73. The van der Waals surface area contributed by atoms with Crippen molar-refractivity contribution < 1.29 is 4.79 Å². The Kier molecular flexibility index (Phi) is 5.53. The second-order valence-corrected chi connectivity index (χ2v) is 4.73. The predicted octanol–water partition coefficient (Wildman–Crippen LogP) is 1.98. The van der Waals surface area contributed by atoms with E-state index in [2.05, 4.69) is 11.9 Å². The molecule has 1 rings (SSSR count). The zero-order chi connectivity index (χ0) is 11.9. The number of nitrogens with one attached hydrogen (secondary N) is 1. The van der Waals surface area contributed by atoms with Crippen LogP contribution in [0, 0.1) is 5.41 Å². The molecule has 3 heteroatoms. The van der Waals surface area contributed by atoms with Crippen LogP contribution in [0.15, 0.2) is 12.7 Å². The van der Waals surface area contributed by atoms with E-state index in [9.17, 15) is 4.79 Å². The summed E-state index contributed by atoms with van der Waals surface area (Å²) in [6, 6.07) is 0. The van der Waals surface area contributed by atoms with Crippen LogP contribution in [0.25, 0.3) is 0 Å². The number of rotatable bonds is 5. The van der Waals surface area contributed by atoms with Crippen molar-refractivity contribution in [2.45, 2.75) is 44.9 Å². The molecule has 0 aromatic heterocycles. The topological polar surface area (TPSA) is 55.1 Å². The highest BCUT2D eigenvalue weighted by Crippen LogP contribution is 2.34. The molecule has 0 spiro atoms. The summed E-state index contributed by atoms with van der Waals surface area (Å²) in [4.78, 5) is 12.2. The summed E-state index contributed by atoms with van der Waals surface area (Å²) in [5.41, 5.74) is 5.54. The van der Waals surface area contributed by atoms with Gasteiger partial charge < -0.3 is 11.1 Å². The van der Waals surface area contributed by atoms with E-state index < -0.39 is 0 Å². The Hall–Kier alpha value is -0.830. The third kappa shape index (κ3) is 3.34. The SMILES string of the molecule is C=CCCNC(=O)C1(CN)CCCCCC1. The Morgan fingerprint density at radius 2 is 1.94 bits per heavy atom. The van der Waals surface area contributed by atoms with Crippen molar-refractivity contribution in [2.75, 3.05) is 13.1 Å². The van der Waals surface area contributed by atoms with Gasteiger partial charge in [-0.05, 0) is 19.3 Å². The van der Waals surface area contributed by atoms with Gasteiger partial charge in [0.05, 0.1) is 5.41 Å². The van der Waals surface area contributed by atoms with Crippen LogP contribution in [-0.2, 0) is 4.79 Å². The molecular weight excluding hydrogens is 200 g/mol. The standard InChI is InChI=1S/C13H24N2O/c1-2-3-10-15-12(16)13(11-14)8-6-4-5-7-9-13/h2H,1,3-11,14H2,(H,15,16). The van der Waals surface area contributed by atoms with E-state index in [4.69, 9.17) is 5.73 Å². The first-order valence-corrected chi connectivity index (χ1v) is 6.34. The molecule has 0 aromatic rings. The van der Waals surface area contributed by atoms with Crippen molar-refractivity contribution in [3.63, 3.8) is 0 Å². The van der Waals surface area contributed by atoms with Gasteiger partial charge in [0, 0.05) is 13.1 Å². The first-order valence-electron chi connectivity index (χ1n) is 6.34. The minimum atomic E-state index is -0.294. The van der Waals surface area contributed by atoms with E-state index >= 15 is 0 Å². The summed E-state index contributed by atoms with van der Waals surface area (Å²) in [7, 11) is 0.